The van der Waals surface area contributed by atoms with Crippen LogP contribution in [0.25, 0.3) is 0 Å². The molecule has 1 saturated carbocycles. The number of anilines is 1. The lowest BCUT2D eigenvalue weighted by atomic mass is 10.1. The monoisotopic (exact) mass is 495 g/mol. The van der Waals surface area contributed by atoms with E-state index in [1.165, 1.54) is 7.11 Å². The molecule has 180 valence electrons. The van der Waals surface area contributed by atoms with Gasteiger partial charge in [0.1, 0.15) is 11.1 Å². The molecule has 1 aromatic carbocycles. The first-order valence-corrected chi connectivity index (χ1v) is 11.4. The first-order valence-electron chi connectivity index (χ1n) is 10.7. The highest BCUT2D eigenvalue weighted by Gasteiger charge is 2.61. The summed E-state index contributed by atoms with van der Waals surface area (Å²) in [6, 6.07) is 0. The molecule has 1 aliphatic rings. The highest BCUT2D eigenvalue weighted by molar-refractivity contribution is 6.55. The molecule has 0 unspecified atom stereocenters. The highest BCUT2D eigenvalue weighted by atomic mass is 35.5. The molecule has 0 amide bonds. The fraction of sp³-hybridized carbons (Fsp3) is 0.609. The average Bonchev–Trinajstić information content (AvgIpc) is 3.26. The maximum Gasteiger partial charge on any atom is 0.310 e. The van der Waals surface area contributed by atoms with Gasteiger partial charge in [0.05, 0.1) is 29.3 Å². The summed E-state index contributed by atoms with van der Waals surface area (Å²) in [5, 5.41) is 2.85. The number of rotatable bonds is 12. The van der Waals surface area contributed by atoms with Crippen LogP contribution < -0.4 is 5.32 Å². The van der Waals surface area contributed by atoms with Crippen molar-refractivity contribution in [1.82, 2.24) is 0 Å². The Hall–Kier alpha value is -1.44. The molecule has 1 aliphatic carbocycles. The SMILES string of the molecule is CCCCCCNc1c(F)c(COC)c(F)c(F)c1COC(=O)[C@@H]1[C@@H](C=C(Cl)Cl)C1(C)C. The van der Waals surface area contributed by atoms with Crippen molar-refractivity contribution in [3.8, 4) is 0 Å². The second kappa shape index (κ2) is 11.6. The normalized spacial score (nSPS) is 18.9. The number of nitrogens with one attached hydrogen (secondary N) is 1. The summed E-state index contributed by atoms with van der Waals surface area (Å²) >= 11 is 11.4. The van der Waals surface area contributed by atoms with E-state index in [9.17, 15) is 13.6 Å². The summed E-state index contributed by atoms with van der Waals surface area (Å²) < 4.78 is 54.5. The lowest BCUT2D eigenvalue weighted by Crippen LogP contribution is -2.17. The number of unbranched alkanes of at least 4 members (excludes halogenated alkanes) is 3. The Morgan fingerprint density at radius 2 is 1.72 bits per heavy atom. The molecule has 32 heavy (non-hydrogen) atoms. The summed E-state index contributed by atoms with van der Waals surface area (Å²) in [5.74, 6) is -4.95. The zero-order valence-electron chi connectivity index (χ0n) is 18.8. The van der Waals surface area contributed by atoms with Crippen molar-refractivity contribution in [3.05, 3.63) is 39.1 Å². The lowest BCUT2D eigenvalue weighted by molar-refractivity contribution is -0.147. The number of halogens is 5. The maximum atomic E-state index is 15.0. The zero-order chi connectivity index (χ0) is 24.1. The minimum atomic E-state index is -1.35. The van der Waals surface area contributed by atoms with Crippen molar-refractivity contribution in [2.45, 2.75) is 59.7 Å². The van der Waals surface area contributed by atoms with E-state index in [0.717, 1.165) is 25.7 Å². The van der Waals surface area contributed by atoms with Gasteiger partial charge in [0.25, 0.3) is 0 Å². The topological polar surface area (TPSA) is 47.6 Å². The van der Waals surface area contributed by atoms with E-state index in [2.05, 4.69) is 12.2 Å². The number of benzene rings is 1. The lowest BCUT2D eigenvalue weighted by Gasteiger charge is -2.18. The highest BCUT2D eigenvalue weighted by Crippen LogP contribution is 2.60. The number of methoxy groups -OCH3 is 1. The van der Waals surface area contributed by atoms with Gasteiger partial charge in [-0.2, -0.15) is 0 Å². The number of hydrogen-bond acceptors (Lipinski definition) is 4. The van der Waals surface area contributed by atoms with E-state index in [4.69, 9.17) is 32.7 Å². The first-order chi connectivity index (χ1) is 15.1. The molecule has 0 aromatic heterocycles. The Kier molecular flexibility index (Phi) is 9.73. The first kappa shape index (κ1) is 26.8. The Balaban J connectivity index is 2.23. The molecule has 0 aliphatic heterocycles. The molecule has 1 fully saturated rings. The quantitative estimate of drug-likeness (QED) is 0.195. The molecule has 0 heterocycles. The molecular weight excluding hydrogens is 466 g/mol. The molecule has 9 heteroatoms. The van der Waals surface area contributed by atoms with Gasteiger partial charge < -0.3 is 14.8 Å². The van der Waals surface area contributed by atoms with Crippen LogP contribution in [0.2, 0.25) is 0 Å². The third-order valence-corrected chi connectivity index (χ3v) is 6.21. The van der Waals surface area contributed by atoms with Crippen LogP contribution >= 0.6 is 23.2 Å². The van der Waals surface area contributed by atoms with Crippen LogP contribution in [0, 0.1) is 34.7 Å². The molecule has 1 N–H and O–H groups in total. The second-order valence-electron chi connectivity index (χ2n) is 8.58. The fourth-order valence-corrected chi connectivity index (χ4v) is 4.19. The van der Waals surface area contributed by atoms with Crippen molar-refractivity contribution < 1.29 is 27.4 Å². The number of carbonyl (C=O) groups excluding carboxylic acids is 1. The Labute approximate surface area is 197 Å². The Bertz CT molecular complexity index is 858. The summed E-state index contributed by atoms with van der Waals surface area (Å²) in [5.41, 5.74) is -1.54. The third kappa shape index (κ3) is 6.12. The van der Waals surface area contributed by atoms with Crippen LogP contribution in [0.15, 0.2) is 10.6 Å². The van der Waals surface area contributed by atoms with Gasteiger partial charge >= 0.3 is 5.97 Å². The van der Waals surface area contributed by atoms with Gasteiger partial charge in [-0.05, 0) is 23.8 Å². The van der Waals surface area contributed by atoms with Gasteiger partial charge in [0.2, 0.25) is 0 Å². The molecule has 0 saturated heterocycles. The van der Waals surface area contributed by atoms with Gasteiger partial charge in [-0.3, -0.25) is 4.79 Å². The summed E-state index contributed by atoms with van der Waals surface area (Å²) in [4.78, 5) is 12.6. The van der Waals surface area contributed by atoms with E-state index in [0.29, 0.717) is 6.54 Å². The van der Waals surface area contributed by atoms with E-state index in [1.807, 2.05) is 13.8 Å². The van der Waals surface area contributed by atoms with Crippen molar-refractivity contribution in [3.63, 3.8) is 0 Å². The smallest absolute Gasteiger partial charge is 0.310 e. The molecule has 0 radical (unpaired) electrons. The standard InChI is InChI=1S/C23H30Cl2F3NO3/c1-5-6-7-8-9-29-21-14(19(27)18(26)13(11-31-4)20(21)28)12-32-22(30)17-15(10-16(24)25)23(17,2)3/h10,15,17,29H,5-9,11-12H2,1-4H3/t15-,17+/m1/s1. The van der Waals surface area contributed by atoms with Crippen LogP contribution in [0.4, 0.5) is 18.9 Å². The molecule has 0 spiro atoms. The zero-order valence-corrected chi connectivity index (χ0v) is 20.3. The van der Waals surface area contributed by atoms with Crippen molar-refractivity contribution in [2.24, 2.45) is 17.3 Å². The summed E-state index contributed by atoms with van der Waals surface area (Å²) in [6.07, 6.45) is 5.24. The van der Waals surface area contributed by atoms with Gasteiger partial charge in [-0.1, -0.05) is 63.2 Å². The number of carbonyl (C=O) groups is 1. The van der Waals surface area contributed by atoms with E-state index in [-0.39, 0.29) is 21.7 Å². The Morgan fingerprint density at radius 1 is 1.06 bits per heavy atom. The fourth-order valence-electron chi connectivity index (χ4n) is 3.92. The number of ether oxygens (including phenoxy) is 2. The minimum Gasteiger partial charge on any atom is -0.460 e. The van der Waals surface area contributed by atoms with Gasteiger partial charge in [0, 0.05) is 13.7 Å². The Morgan fingerprint density at radius 3 is 2.31 bits per heavy atom. The van der Waals surface area contributed by atoms with Gasteiger partial charge in [0.15, 0.2) is 17.5 Å². The molecule has 1 aromatic rings. The number of esters is 1. The predicted molar refractivity (Wildman–Crippen MR) is 120 cm³/mol. The van der Waals surface area contributed by atoms with Crippen LogP contribution in [0.3, 0.4) is 0 Å². The van der Waals surface area contributed by atoms with Crippen molar-refractivity contribution in [1.29, 1.82) is 0 Å². The van der Waals surface area contributed by atoms with Gasteiger partial charge in [-0.15, -0.1) is 0 Å². The molecule has 2 rings (SSSR count). The average molecular weight is 496 g/mol. The van der Waals surface area contributed by atoms with Crippen molar-refractivity contribution in [2.75, 3.05) is 19.0 Å². The largest absolute Gasteiger partial charge is 0.460 e. The van der Waals surface area contributed by atoms with Crippen LogP contribution in [-0.2, 0) is 27.5 Å². The molecule has 4 nitrogen and oxygen atoms in total. The molecular formula is C23H30Cl2F3NO3. The predicted octanol–water partition coefficient (Wildman–Crippen LogP) is 6.88. The third-order valence-electron chi connectivity index (χ3n) is 5.96. The van der Waals surface area contributed by atoms with E-state index >= 15 is 4.39 Å². The maximum absolute atomic E-state index is 15.0. The van der Waals surface area contributed by atoms with Gasteiger partial charge in [-0.25, -0.2) is 13.2 Å². The van der Waals surface area contributed by atoms with E-state index in [1.54, 1.807) is 6.08 Å². The molecule has 2 atom stereocenters. The second-order valence-corrected chi connectivity index (χ2v) is 9.59. The van der Waals surface area contributed by atoms with Crippen LogP contribution in [0.5, 0.6) is 0 Å². The van der Waals surface area contributed by atoms with E-state index < -0.39 is 53.5 Å². The molecule has 0 bridgehead atoms. The summed E-state index contributed by atoms with van der Waals surface area (Å²) in [6.45, 7) is 5.09. The van der Waals surface area contributed by atoms with Crippen molar-refractivity contribution >= 4 is 34.9 Å². The number of hydrogen-bond donors (Lipinski definition) is 1. The number of allylic oxidation sites excluding steroid dienone is 1. The minimum absolute atomic E-state index is 0.0388. The van der Waals surface area contributed by atoms with Crippen LogP contribution in [-0.4, -0.2) is 19.6 Å². The van der Waals surface area contributed by atoms with Crippen LogP contribution in [0.1, 0.15) is 57.6 Å². The summed E-state index contributed by atoms with van der Waals surface area (Å²) in [7, 11) is 1.26.